The molecule has 0 bridgehead atoms. The van der Waals surface area contributed by atoms with Gasteiger partial charge in [-0.1, -0.05) is 42.0 Å². The van der Waals surface area contributed by atoms with Gasteiger partial charge in [0.1, 0.15) is 5.92 Å². The summed E-state index contributed by atoms with van der Waals surface area (Å²) in [4.78, 5) is 42.0. The zero-order valence-electron chi connectivity index (χ0n) is 17.1. The van der Waals surface area contributed by atoms with E-state index in [4.69, 9.17) is 0 Å². The largest absolute Gasteiger partial charge is 0.392 e. The SMILES string of the molecule is Cc1ccc(C(=O)C2C(=O)C(=O)N(CC(C)O)C2c2ccc(N(C)C)cc2)cc1. The number of likely N-dealkylation sites (tertiary alicyclic amines) is 1. The zero-order chi connectivity index (χ0) is 21.3. The van der Waals surface area contributed by atoms with E-state index in [1.807, 2.05) is 62.3 Å². The average molecular weight is 394 g/mol. The second-order valence-corrected chi connectivity index (χ2v) is 7.81. The number of anilines is 1. The Morgan fingerprint density at radius 1 is 1.07 bits per heavy atom. The normalized spacial score (nSPS) is 20.1. The number of benzene rings is 2. The summed E-state index contributed by atoms with van der Waals surface area (Å²) in [6.45, 7) is 3.46. The molecule has 3 atom stereocenters. The number of β-amino-alcohol motifs (C(OH)–C–C–N with tert-alkyl or cyclic N) is 1. The van der Waals surface area contributed by atoms with Gasteiger partial charge in [0.2, 0.25) is 5.78 Å². The zero-order valence-corrected chi connectivity index (χ0v) is 17.1. The van der Waals surface area contributed by atoms with Crippen molar-refractivity contribution in [3.63, 3.8) is 0 Å². The third-order valence-corrected chi connectivity index (χ3v) is 5.24. The Kier molecular flexibility index (Phi) is 5.84. The summed E-state index contributed by atoms with van der Waals surface area (Å²) in [7, 11) is 3.84. The molecule has 0 spiro atoms. The van der Waals surface area contributed by atoms with E-state index in [9.17, 15) is 19.5 Å². The molecule has 2 aromatic rings. The van der Waals surface area contributed by atoms with E-state index in [2.05, 4.69) is 0 Å². The third kappa shape index (κ3) is 4.07. The lowest BCUT2D eigenvalue weighted by Crippen LogP contribution is -2.36. The number of Topliss-reactive ketones (excluding diaryl/α,β-unsaturated/α-hetero) is 2. The lowest BCUT2D eigenvalue weighted by atomic mass is 9.86. The second-order valence-electron chi connectivity index (χ2n) is 7.81. The summed E-state index contributed by atoms with van der Waals surface area (Å²) >= 11 is 0. The minimum Gasteiger partial charge on any atom is -0.392 e. The van der Waals surface area contributed by atoms with E-state index in [-0.39, 0.29) is 12.3 Å². The number of aliphatic hydroxyl groups excluding tert-OH is 1. The van der Waals surface area contributed by atoms with Gasteiger partial charge in [0.15, 0.2) is 5.78 Å². The lowest BCUT2D eigenvalue weighted by Gasteiger charge is -2.28. The van der Waals surface area contributed by atoms with Crippen LogP contribution in [-0.4, -0.2) is 54.2 Å². The van der Waals surface area contributed by atoms with Crippen LogP contribution < -0.4 is 4.90 Å². The predicted molar refractivity (Wildman–Crippen MR) is 111 cm³/mol. The maximum Gasteiger partial charge on any atom is 0.291 e. The van der Waals surface area contributed by atoms with Gasteiger partial charge < -0.3 is 14.9 Å². The van der Waals surface area contributed by atoms with Crippen LogP contribution in [0.2, 0.25) is 0 Å². The molecule has 152 valence electrons. The molecule has 1 fully saturated rings. The van der Waals surface area contributed by atoms with E-state index >= 15 is 0 Å². The number of ketones is 2. The van der Waals surface area contributed by atoms with Gasteiger partial charge in [-0.3, -0.25) is 14.4 Å². The van der Waals surface area contributed by atoms with Crippen molar-refractivity contribution in [1.82, 2.24) is 4.90 Å². The summed E-state index contributed by atoms with van der Waals surface area (Å²) in [6.07, 6.45) is -0.816. The Bertz CT molecular complexity index is 917. The maximum absolute atomic E-state index is 13.2. The topological polar surface area (TPSA) is 77.9 Å². The Balaban J connectivity index is 2.05. The van der Waals surface area contributed by atoms with Gasteiger partial charge >= 0.3 is 0 Å². The number of hydrogen-bond donors (Lipinski definition) is 1. The van der Waals surface area contributed by atoms with Crippen LogP contribution >= 0.6 is 0 Å². The minimum absolute atomic E-state index is 0.0116. The molecule has 2 aromatic carbocycles. The van der Waals surface area contributed by atoms with E-state index in [0.717, 1.165) is 11.3 Å². The maximum atomic E-state index is 13.2. The van der Waals surface area contributed by atoms with Gasteiger partial charge in [-0.05, 0) is 31.5 Å². The van der Waals surface area contributed by atoms with Gasteiger partial charge in [0.25, 0.3) is 5.91 Å². The van der Waals surface area contributed by atoms with E-state index in [0.29, 0.717) is 11.1 Å². The molecule has 1 saturated heterocycles. The van der Waals surface area contributed by atoms with Gasteiger partial charge in [-0.2, -0.15) is 0 Å². The second kappa shape index (κ2) is 8.17. The summed E-state index contributed by atoms with van der Waals surface area (Å²) in [5, 5.41) is 9.87. The summed E-state index contributed by atoms with van der Waals surface area (Å²) in [5.74, 6) is -2.96. The number of carbonyl (C=O) groups is 3. The first-order chi connectivity index (χ1) is 13.7. The highest BCUT2D eigenvalue weighted by Crippen LogP contribution is 2.38. The fourth-order valence-corrected chi connectivity index (χ4v) is 3.71. The molecule has 1 heterocycles. The summed E-state index contributed by atoms with van der Waals surface area (Å²) in [6, 6.07) is 13.7. The van der Waals surface area contributed by atoms with Crippen molar-refractivity contribution < 1.29 is 19.5 Å². The number of carbonyl (C=O) groups excluding carboxylic acids is 3. The molecule has 0 aliphatic carbocycles. The number of aryl methyl sites for hydroxylation is 1. The highest BCUT2D eigenvalue weighted by atomic mass is 16.3. The van der Waals surface area contributed by atoms with E-state index in [1.165, 1.54) is 4.90 Å². The fraction of sp³-hybridized carbons (Fsp3) is 0.348. The summed E-state index contributed by atoms with van der Waals surface area (Å²) in [5.41, 5.74) is 3.06. The highest BCUT2D eigenvalue weighted by Gasteiger charge is 2.51. The first-order valence-electron chi connectivity index (χ1n) is 9.61. The molecule has 1 aliphatic heterocycles. The summed E-state index contributed by atoms with van der Waals surface area (Å²) < 4.78 is 0. The molecular formula is C23H26N2O4. The Labute approximate surface area is 170 Å². The quantitative estimate of drug-likeness (QED) is 0.462. The number of aliphatic hydroxyl groups is 1. The predicted octanol–water partition coefficient (Wildman–Crippen LogP) is 2.39. The molecule has 3 unspecified atom stereocenters. The molecule has 3 rings (SSSR count). The van der Waals surface area contributed by atoms with Gasteiger partial charge in [-0.15, -0.1) is 0 Å². The van der Waals surface area contributed by atoms with Crippen molar-refractivity contribution in [2.24, 2.45) is 5.92 Å². The van der Waals surface area contributed by atoms with Crippen molar-refractivity contribution in [3.05, 3.63) is 65.2 Å². The number of hydrogen-bond acceptors (Lipinski definition) is 5. The first kappa shape index (κ1) is 20.7. The van der Waals surface area contributed by atoms with Crippen molar-refractivity contribution in [2.75, 3.05) is 25.5 Å². The van der Waals surface area contributed by atoms with Crippen molar-refractivity contribution in [2.45, 2.75) is 26.0 Å². The number of nitrogens with zero attached hydrogens (tertiary/aromatic N) is 2. The Morgan fingerprint density at radius 3 is 2.17 bits per heavy atom. The molecule has 6 heteroatoms. The van der Waals surface area contributed by atoms with Gasteiger partial charge in [-0.25, -0.2) is 0 Å². The molecule has 0 radical (unpaired) electrons. The van der Waals surface area contributed by atoms with Gasteiger partial charge in [0, 0.05) is 31.9 Å². The number of amides is 1. The highest BCUT2D eigenvalue weighted by molar-refractivity contribution is 6.44. The molecular weight excluding hydrogens is 368 g/mol. The van der Waals surface area contributed by atoms with Crippen LogP contribution in [0, 0.1) is 12.8 Å². The Hall–Kier alpha value is -2.99. The van der Waals surface area contributed by atoms with Crippen LogP contribution in [-0.2, 0) is 9.59 Å². The molecule has 1 amide bonds. The van der Waals surface area contributed by atoms with Crippen LogP contribution in [0.4, 0.5) is 5.69 Å². The van der Waals surface area contributed by atoms with Crippen molar-refractivity contribution in [3.8, 4) is 0 Å². The molecule has 1 N–H and O–H groups in total. The standard InChI is InChI=1S/C23H26N2O4/c1-14-5-7-17(8-6-14)21(27)19-20(16-9-11-18(12-10-16)24(3)4)25(13-15(2)26)23(29)22(19)28/h5-12,15,19-20,26H,13H2,1-4H3. The Morgan fingerprint density at radius 2 is 1.66 bits per heavy atom. The first-order valence-corrected chi connectivity index (χ1v) is 9.61. The van der Waals surface area contributed by atoms with Gasteiger partial charge in [0.05, 0.1) is 12.1 Å². The molecule has 0 saturated carbocycles. The third-order valence-electron chi connectivity index (χ3n) is 5.24. The average Bonchev–Trinajstić information content (AvgIpc) is 2.92. The van der Waals surface area contributed by atoms with Crippen LogP contribution in [0.1, 0.15) is 34.5 Å². The fourth-order valence-electron chi connectivity index (χ4n) is 3.71. The minimum atomic E-state index is -1.13. The van der Waals surface area contributed by atoms with Crippen LogP contribution in [0.3, 0.4) is 0 Å². The van der Waals surface area contributed by atoms with Crippen LogP contribution in [0.25, 0.3) is 0 Å². The smallest absolute Gasteiger partial charge is 0.291 e. The van der Waals surface area contributed by atoms with Crippen molar-refractivity contribution >= 4 is 23.2 Å². The molecule has 29 heavy (non-hydrogen) atoms. The van der Waals surface area contributed by atoms with Crippen molar-refractivity contribution in [1.29, 1.82) is 0 Å². The van der Waals surface area contributed by atoms with E-state index < -0.39 is 29.8 Å². The molecule has 0 aromatic heterocycles. The van der Waals surface area contributed by atoms with E-state index in [1.54, 1.807) is 19.1 Å². The van der Waals surface area contributed by atoms with Crippen LogP contribution in [0.15, 0.2) is 48.5 Å². The molecule has 1 aliphatic rings. The molecule has 6 nitrogen and oxygen atoms in total. The van der Waals surface area contributed by atoms with Crippen LogP contribution in [0.5, 0.6) is 0 Å². The number of rotatable bonds is 6. The monoisotopic (exact) mass is 394 g/mol. The lowest BCUT2D eigenvalue weighted by molar-refractivity contribution is -0.141.